The van der Waals surface area contributed by atoms with Gasteiger partial charge in [-0.25, -0.2) is 0 Å². The Morgan fingerprint density at radius 3 is 2.23 bits per heavy atom. The summed E-state index contributed by atoms with van der Waals surface area (Å²) in [6, 6.07) is 0. The number of hydrogen-bond acceptors (Lipinski definition) is 2. The van der Waals surface area contributed by atoms with Crippen molar-refractivity contribution in [2.45, 2.75) is 45.6 Å². The molecule has 74 valence electrons. The number of carbonyl (C=O) groups excluding carboxylic acids is 1. The SMILES string of the molecule is C#CCC(=O)C(CC)(CC)OCC. The van der Waals surface area contributed by atoms with Crippen molar-refractivity contribution >= 4 is 5.78 Å². The number of hydrogen-bond donors (Lipinski definition) is 0. The number of terminal acetylenes is 1. The molecule has 0 aliphatic rings. The van der Waals surface area contributed by atoms with E-state index < -0.39 is 5.60 Å². The van der Waals surface area contributed by atoms with Gasteiger partial charge in [-0.15, -0.1) is 6.42 Å². The van der Waals surface area contributed by atoms with Crippen LogP contribution in [0.4, 0.5) is 0 Å². The lowest BCUT2D eigenvalue weighted by Crippen LogP contribution is -2.40. The van der Waals surface area contributed by atoms with Gasteiger partial charge in [0, 0.05) is 6.61 Å². The molecule has 0 rings (SSSR count). The van der Waals surface area contributed by atoms with Crippen molar-refractivity contribution in [2.24, 2.45) is 0 Å². The van der Waals surface area contributed by atoms with Gasteiger partial charge in [-0.1, -0.05) is 19.8 Å². The van der Waals surface area contributed by atoms with Crippen LogP contribution in [-0.4, -0.2) is 18.0 Å². The number of ether oxygens (including phenoxy) is 1. The van der Waals surface area contributed by atoms with Crippen LogP contribution in [0.3, 0.4) is 0 Å². The summed E-state index contributed by atoms with van der Waals surface area (Å²) in [5.74, 6) is 2.40. The Balaban J connectivity index is 4.55. The third-order valence-corrected chi connectivity index (χ3v) is 2.33. The summed E-state index contributed by atoms with van der Waals surface area (Å²) in [6.07, 6.45) is 6.66. The van der Waals surface area contributed by atoms with Crippen molar-refractivity contribution in [3.05, 3.63) is 0 Å². The maximum atomic E-state index is 11.6. The zero-order chi connectivity index (χ0) is 10.3. The first-order chi connectivity index (χ1) is 6.16. The molecule has 0 unspecified atom stereocenters. The van der Waals surface area contributed by atoms with Crippen molar-refractivity contribution < 1.29 is 9.53 Å². The smallest absolute Gasteiger partial charge is 0.176 e. The molecule has 0 aromatic carbocycles. The Morgan fingerprint density at radius 1 is 1.38 bits per heavy atom. The molecular weight excluding hydrogens is 164 g/mol. The molecule has 0 atom stereocenters. The molecule has 0 N–H and O–H groups in total. The lowest BCUT2D eigenvalue weighted by molar-refractivity contribution is -0.144. The van der Waals surface area contributed by atoms with Gasteiger partial charge in [0.05, 0.1) is 6.42 Å². The molecule has 0 fully saturated rings. The molecule has 0 aliphatic heterocycles. The van der Waals surface area contributed by atoms with Gasteiger partial charge >= 0.3 is 0 Å². The highest BCUT2D eigenvalue weighted by Gasteiger charge is 2.34. The lowest BCUT2D eigenvalue weighted by atomic mass is 9.90. The lowest BCUT2D eigenvalue weighted by Gasteiger charge is -2.29. The third-order valence-electron chi connectivity index (χ3n) is 2.33. The van der Waals surface area contributed by atoms with Gasteiger partial charge in [0.25, 0.3) is 0 Å². The monoisotopic (exact) mass is 182 g/mol. The van der Waals surface area contributed by atoms with E-state index in [9.17, 15) is 4.79 Å². The van der Waals surface area contributed by atoms with Crippen LogP contribution in [-0.2, 0) is 9.53 Å². The van der Waals surface area contributed by atoms with E-state index in [1.54, 1.807) is 0 Å². The predicted octanol–water partition coefficient (Wildman–Crippen LogP) is 2.17. The Labute approximate surface area is 80.7 Å². The van der Waals surface area contributed by atoms with E-state index in [-0.39, 0.29) is 12.2 Å². The van der Waals surface area contributed by atoms with Gasteiger partial charge in [-0.2, -0.15) is 0 Å². The summed E-state index contributed by atoms with van der Waals surface area (Å²) >= 11 is 0. The molecule has 0 amide bonds. The van der Waals surface area contributed by atoms with Crippen LogP contribution < -0.4 is 0 Å². The van der Waals surface area contributed by atoms with Gasteiger partial charge in [0.2, 0.25) is 0 Å². The number of rotatable bonds is 6. The molecule has 0 saturated heterocycles. The molecule has 0 aromatic rings. The quantitative estimate of drug-likeness (QED) is 0.588. The molecule has 13 heavy (non-hydrogen) atoms. The maximum Gasteiger partial charge on any atom is 0.176 e. The second-order valence-corrected chi connectivity index (χ2v) is 2.94. The molecular formula is C11H18O2. The van der Waals surface area contributed by atoms with Gasteiger partial charge in [0.15, 0.2) is 5.78 Å². The summed E-state index contributed by atoms with van der Waals surface area (Å²) in [6.45, 7) is 6.35. The van der Waals surface area contributed by atoms with Crippen molar-refractivity contribution in [1.29, 1.82) is 0 Å². The standard InChI is InChI=1S/C11H18O2/c1-5-9-10(12)11(6-2,7-3)13-8-4/h1H,6-9H2,2-4H3. The number of carbonyl (C=O) groups is 1. The van der Waals surface area contributed by atoms with Crippen LogP contribution >= 0.6 is 0 Å². The Bertz CT molecular complexity index is 197. The first-order valence-electron chi connectivity index (χ1n) is 4.77. The van der Waals surface area contributed by atoms with E-state index in [0.29, 0.717) is 19.4 Å². The highest BCUT2D eigenvalue weighted by Crippen LogP contribution is 2.22. The minimum Gasteiger partial charge on any atom is -0.367 e. The molecule has 2 nitrogen and oxygen atoms in total. The average molecular weight is 182 g/mol. The summed E-state index contributed by atoms with van der Waals surface area (Å²) in [5, 5.41) is 0. The average Bonchev–Trinajstić information content (AvgIpc) is 2.14. The van der Waals surface area contributed by atoms with E-state index in [1.165, 1.54) is 0 Å². The molecule has 0 aromatic heterocycles. The van der Waals surface area contributed by atoms with Crippen LogP contribution in [0.25, 0.3) is 0 Å². The Kier molecular flexibility index (Phi) is 5.41. The number of Topliss-reactive ketones (excluding diaryl/α,β-unsaturated/α-hetero) is 1. The van der Waals surface area contributed by atoms with E-state index in [4.69, 9.17) is 11.2 Å². The first kappa shape index (κ1) is 12.2. The van der Waals surface area contributed by atoms with E-state index in [0.717, 1.165) is 0 Å². The fourth-order valence-corrected chi connectivity index (χ4v) is 1.46. The fourth-order valence-electron chi connectivity index (χ4n) is 1.46. The minimum absolute atomic E-state index is 0.0295. The molecule has 0 spiro atoms. The predicted molar refractivity (Wildman–Crippen MR) is 53.4 cm³/mol. The van der Waals surface area contributed by atoms with Crippen molar-refractivity contribution in [3.63, 3.8) is 0 Å². The van der Waals surface area contributed by atoms with Gasteiger partial charge < -0.3 is 4.74 Å². The fraction of sp³-hybridized carbons (Fsp3) is 0.727. The molecule has 0 radical (unpaired) electrons. The second kappa shape index (κ2) is 5.77. The highest BCUT2D eigenvalue weighted by molar-refractivity contribution is 5.89. The van der Waals surface area contributed by atoms with Crippen LogP contribution in [0, 0.1) is 12.3 Å². The van der Waals surface area contributed by atoms with Crippen molar-refractivity contribution in [1.82, 2.24) is 0 Å². The van der Waals surface area contributed by atoms with Gasteiger partial charge in [-0.05, 0) is 19.8 Å². The normalized spacial score (nSPS) is 10.9. The van der Waals surface area contributed by atoms with Crippen LogP contribution in [0.15, 0.2) is 0 Å². The first-order valence-corrected chi connectivity index (χ1v) is 4.77. The molecule has 0 bridgehead atoms. The van der Waals surface area contributed by atoms with E-state index in [1.807, 2.05) is 20.8 Å². The third kappa shape index (κ3) is 2.86. The zero-order valence-corrected chi connectivity index (χ0v) is 8.72. The Morgan fingerprint density at radius 2 is 1.92 bits per heavy atom. The topological polar surface area (TPSA) is 26.3 Å². The van der Waals surface area contributed by atoms with Gasteiger partial charge in [0.1, 0.15) is 5.60 Å². The van der Waals surface area contributed by atoms with E-state index >= 15 is 0 Å². The second-order valence-electron chi connectivity index (χ2n) is 2.94. The van der Waals surface area contributed by atoms with E-state index in [2.05, 4.69) is 5.92 Å². The van der Waals surface area contributed by atoms with Crippen LogP contribution in [0.1, 0.15) is 40.0 Å². The summed E-state index contributed by atoms with van der Waals surface area (Å²) in [7, 11) is 0. The Hall–Kier alpha value is -0.810. The van der Waals surface area contributed by atoms with Crippen LogP contribution in [0.5, 0.6) is 0 Å². The summed E-state index contributed by atoms with van der Waals surface area (Å²) in [4.78, 5) is 11.6. The number of ketones is 1. The summed E-state index contributed by atoms with van der Waals surface area (Å²) < 4.78 is 5.50. The van der Waals surface area contributed by atoms with Gasteiger partial charge in [-0.3, -0.25) is 4.79 Å². The van der Waals surface area contributed by atoms with Crippen LogP contribution in [0.2, 0.25) is 0 Å². The molecule has 0 saturated carbocycles. The van der Waals surface area contributed by atoms with Crippen molar-refractivity contribution in [3.8, 4) is 12.3 Å². The molecule has 2 heteroatoms. The maximum absolute atomic E-state index is 11.6. The zero-order valence-electron chi connectivity index (χ0n) is 8.72. The highest BCUT2D eigenvalue weighted by atomic mass is 16.5. The molecule has 0 aliphatic carbocycles. The molecule has 0 heterocycles. The largest absolute Gasteiger partial charge is 0.367 e. The minimum atomic E-state index is -0.638. The van der Waals surface area contributed by atoms with Crippen molar-refractivity contribution in [2.75, 3.05) is 6.61 Å². The summed E-state index contributed by atoms with van der Waals surface area (Å²) in [5.41, 5.74) is -0.638.